The van der Waals surface area contributed by atoms with E-state index in [0.717, 1.165) is 11.8 Å². The number of nitrogens with zero attached hydrogens (tertiary/aromatic N) is 3. The van der Waals surface area contributed by atoms with E-state index in [1.807, 2.05) is 0 Å². The maximum Gasteiger partial charge on any atom is 0.286 e. The lowest BCUT2D eigenvalue weighted by Gasteiger charge is -2.18. The number of thioether (sulfide) groups is 1. The predicted molar refractivity (Wildman–Crippen MR) is 78.8 cm³/mol. The average Bonchev–Trinajstić information content (AvgIpc) is 2.49. The highest BCUT2D eigenvalue weighted by molar-refractivity contribution is 8.13. The molecule has 0 unspecified atom stereocenters. The Morgan fingerprint density at radius 1 is 1.55 bits per heavy atom. The molecule has 3 N–H and O–H groups in total. The van der Waals surface area contributed by atoms with Crippen molar-refractivity contribution in [1.82, 2.24) is 4.73 Å². The summed E-state index contributed by atoms with van der Waals surface area (Å²) in [6, 6.07) is 6.43. The molecule has 2 rings (SSSR count). The van der Waals surface area contributed by atoms with Gasteiger partial charge in [0.05, 0.1) is 10.1 Å². The van der Waals surface area contributed by atoms with Gasteiger partial charge in [0, 0.05) is 23.8 Å². The summed E-state index contributed by atoms with van der Waals surface area (Å²) in [5, 5.41) is 22.0. The molecule has 0 spiro atoms. The largest absolute Gasteiger partial charge is 0.805 e. The van der Waals surface area contributed by atoms with Gasteiger partial charge in [-0.1, -0.05) is 23.9 Å². The molecule has 106 valence electrons. The molecule has 0 saturated carbocycles. The summed E-state index contributed by atoms with van der Waals surface area (Å²) in [5.74, 6) is 0.162. The number of aliphatic hydroxyl groups excluding tert-OH is 1. The van der Waals surface area contributed by atoms with Gasteiger partial charge in [-0.3, -0.25) is 4.99 Å². The third-order valence-electron chi connectivity index (χ3n) is 2.87. The summed E-state index contributed by atoms with van der Waals surface area (Å²) in [5.41, 5.74) is 6.24. The van der Waals surface area contributed by atoms with Crippen LogP contribution in [0.15, 0.2) is 29.3 Å². The molecule has 0 aliphatic rings. The Labute approximate surface area is 118 Å². The van der Waals surface area contributed by atoms with Crippen molar-refractivity contribution in [2.24, 2.45) is 10.7 Å². The van der Waals surface area contributed by atoms with Crippen molar-refractivity contribution in [1.29, 1.82) is 0 Å². The van der Waals surface area contributed by atoms with Gasteiger partial charge in [0.15, 0.2) is 5.17 Å². The second-order valence-corrected chi connectivity index (χ2v) is 4.98. The number of aliphatic hydroxyl groups is 1. The van der Waals surface area contributed by atoms with E-state index in [-0.39, 0.29) is 28.2 Å². The summed E-state index contributed by atoms with van der Waals surface area (Å²) in [7, 11) is 1.54. The van der Waals surface area contributed by atoms with Gasteiger partial charge < -0.3 is 20.8 Å². The predicted octanol–water partition coefficient (Wildman–Crippen LogP) is 0.572. The highest BCUT2D eigenvalue weighted by Gasteiger charge is 2.21. The monoisotopic (exact) mass is 294 g/mol. The van der Waals surface area contributed by atoms with E-state index in [1.165, 1.54) is 13.1 Å². The number of benzene rings is 1. The topological polar surface area (TPSA) is 110 Å². The summed E-state index contributed by atoms with van der Waals surface area (Å²) in [6.45, 7) is -0.518. The number of fused-ring (bicyclic) bond motifs is 1. The molecule has 1 aromatic heterocycles. The van der Waals surface area contributed by atoms with E-state index >= 15 is 0 Å². The molecule has 0 bridgehead atoms. The molecule has 7 nitrogen and oxygen atoms in total. The van der Waals surface area contributed by atoms with Gasteiger partial charge in [-0.05, 0) is 6.07 Å². The maximum absolute atomic E-state index is 12.3. The number of aliphatic imine (C=N–C) groups is 1. The van der Waals surface area contributed by atoms with E-state index in [9.17, 15) is 15.2 Å². The Hall–Kier alpha value is -2.06. The quantitative estimate of drug-likeness (QED) is 0.488. The lowest BCUT2D eigenvalue weighted by atomic mass is 10.2. The number of amidine groups is 1. The van der Waals surface area contributed by atoms with E-state index in [4.69, 9.17) is 5.73 Å². The van der Waals surface area contributed by atoms with Crippen molar-refractivity contribution in [3.63, 3.8) is 0 Å². The van der Waals surface area contributed by atoms with Crippen LogP contribution in [0.5, 0.6) is 0 Å². The number of hydrogen-bond acceptors (Lipinski definition) is 5. The third kappa shape index (κ3) is 2.47. The Kier molecular flexibility index (Phi) is 4.26. The van der Waals surface area contributed by atoms with Crippen molar-refractivity contribution < 1.29 is 9.53 Å². The first kappa shape index (κ1) is 14.4. The second-order valence-electron chi connectivity index (χ2n) is 3.98. The SMILES string of the molecule is CN=C(N)SCc1c(CO)[n+](=O)c2ccccc2n1[O-]. The van der Waals surface area contributed by atoms with Crippen LogP contribution >= 0.6 is 11.8 Å². The van der Waals surface area contributed by atoms with Gasteiger partial charge in [0.25, 0.3) is 11.2 Å². The van der Waals surface area contributed by atoms with Crippen molar-refractivity contribution >= 4 is 28.0 Å². The van der Waals surface area contributed by atoms with Crippen molar-refractivity contribution in [2.75, 3.05) is 7.05 Å². The van der Waals surface area contributed by atoms with E-state index in [1.54, 1.807) is 18.2 Å². The minimum atomic E-state index is -0.518. The highest BCUT2D eigenvalue weighted by atomic mass is 32.2. The van der Waals surface area contributed by atoms with Crippen LogP contribution in [0.4, 0.5) is 0 Å². The maximum atomic E-state index is 12.3. The van der Waals surface area contributed by atoms with Crippen molar-refractivity contribution in [3.05, 3.63) is 45.8 Å². The minimum absolute atomic E-state index is 0.0232. The first-order valence-corrected chi connectivity index (χ1v) is 6.80. The first-order valence-electron chi connectivity index (χ1n) is 5.81. The van der Waals surface area contributed by atoms with Crippen molar-refractivity contribution in [2.45, 2.75) is 12.4 Å². The molecule has 8 heteroatoms. The van der Waals surface area contributed by atoms with Gasteiger partial charge in [0.2, 0.25) is 0 Å². The molecule has 0 aliphatic carbocycles. The number of nitrogens with two attached hydrogens (primary N) is 1. The average molecular weight is 294 g/mol. The van der Waals surface area contributed by atoms with Crippen LogP contribution < -0.4 is 10.2 Å². The van der Waals surface area contributed by atoms with Crippen LogP contribution in [0.3, 0.4) is 0 Å². The van der Waals surface area contributed by atoms with Gasteiger partial charge in [-0.2, -0.15) is 0 Å². The summed E-state index contributed by atoms with van der Waals surface area (Å²) in [6.07, 6.45) is 0. The number of hydrogen-bond donors (Lipinski definition) is 2. The first-order chi connectivity index (χ1) is 9.60. The summed E-state index contributed by atoms with van der Waals surface area (Å²) >= 11 is 1.13. The molecule has 2 aromatic rings. The summed E-state index contributed by atoms with van der Waals surface area (Å²) < 4.78 is 1.24. The fourth-order valence-corrected chi connectivity index (χ4v) is 2.53. The van der Waals surface area contributed by atoms with Crippen LogP contribution in [-0.2, 0) is 12.4 Å². The Morgan fingerprint density at radius 3 is 2.90 bits per heavy atom. The zero-order valence-electron chi connectivity index (χ0n) is 10.8. The molecule has 1 aromatic carbocycles. The zero-order chi connectivity index (χ0) is 14.7. The van der Waals surface area contributed by atoms with Gasteiger partial charge in [-0.15, -0.1) is 0 Å². The fraction of sp³-hybridized carbons (Fsp3) is 0.250. The smallest absolute Gasteiger partial charge is 0.286 e. The van der Waals surface area contributed by atoms with Crippen LogP contribution in [0, 0.1) is 10.1 Å². The normalized spacial score (nSPS) is 12.0. The number of para-hydroxylation sites is 2. The molecule has 0 aliphatic heterocycles. The molecule has 20 heavy (non-hydrogen) atoms. The molecular formula is C12H14N4O3S. The zero-order valence-corrected chi connectivity index (χ0v) is 11.6. The summed E-state index contributed by atoms with van der Waals surface area (Å²) in [4.78, 5) is 16.0. The molecule has 0 atom stereocenters. The fourth-order valence-electron chi connectivity index (χ4n) is 1.84. The van der Waals surface area contributed by atoms with E-state index in [2.05, 4.69) is 4.99 Å². The number of rotatable bonds is 3. The lowest BCUT2D eigenvalue weighted by molar-refractivity contribution is -0.479. The molecule has 1 heterocycles. The molecule has 0 radical (unpaired) electrons. The molecule has 0 fully saturated rings. The molecular weight excluding hydrogens is 280 g/mol. The highest BCUT2D eigenvalue weighted by Crippen LogP contribution is 2.19. The van der Waals surface area contributed by atoms with Crippen LogP contribution in [0.25, 0.3) is 11.0 Å². The van der Waals surface area contributed by atoms with Crippen LogP contribution in [-0.4, -0.2) is 22.1 Å². The van der Waals surface area contributed by atoms with E-state index in [0.29, 0.717) is 14.3 Å². The van der Waals surface area contributed by atoms with Crippen LogP contribution in [0.1, 0.15) is 11.4 Å². The van der Waals surface area contributed by atoms with Gasteiger partial charge >= 0.3 is 0 Å². The van der Waals surface area contributed by atoms with Crippen LogP contribution in [0.2, 0.25) is 0 Å². The molecule has 0 amide bonds. The second kappa shape index (κ2) is 5.93. The lowest BCUT2D eigenvalue weighted by Crippen LogP contribution is -2.28. The third-order valence-corrected chi connectivity index (χ3v) is 3.77. The Morgan fingerprint density at radius 2 is 2.25 bits per heavy atom. The van der Waals surface area contributed by atoms with Gasteiger partial charge in [-0.25, -0.2) is 0 Å². The minimum Gasteiger partial charge on any atom is -0.805 e. The Bertz CT molecular complexity index is 726. The van der Waals surface area contributed by atoms with E-state index < -0.39 is 6.61 Å². The van der Waals surface area contributed by atoms with Gasteiger partial charge in [0.1, 0.15) is 12.1 Å². The number of aromatic nitrogens is 2. The Balaban J connectivity index is 2.63. The standard InChI is InChI=1S/C12H14N4O3S/c1-14-12(13)20-7-11-10(6-17)15(18)8-4-2-3-5-9(8)16(11)19/h2-5,17H,6-7H2,1H3,(H2,13,14). The van der Waals surface area contributed by atoms with Crippen molar-refractivity contribution in [3.8, 4) is 0 Å². The molecule has 0 saturated heterocycles.